The maximum atomic E-state index is 11.3. The zero-order valence-electron chi connectivity index (χ0n) is 9.69. The lowest BCUT2D eigenvalue weighted by atomic mass is 10.2. The van der Waals surface area contributed by atoms with Gasteiger partial charge in [-0.15, -0.1) is 0 Å². The Morgan fingerprint density at radius 2 is 2.35 bits per heavy atom. The summed E-state index contributed by atoms with van der Waals surface area (Å²) in [6.07, 6.45) is 0.942. The molecule has 0 amide bonds. The van der Waals surface area contributed by atoms with Gasteiger partial charge in [0.05, 0.1) is 5.69 Å². The summed E-state index contributed by atoms with van der Waals surface area (Å²) in [6, 6.07) is 1.49. The summed E-state index contributed by atoms with van der Waals surface area (Å²) < 4.78 is 4.32. The maximum Gasteiger partial charge on any atom is 0.251 e. The van der Waals surface area contributed by atoms with Gasteiger partial charge in [0, 0.05) is 22.9 Å². The summed E-state index contributed by atoms with van der Waals surface area (Å²) in [6.45, 7) is 3.92. The van der Waals surface area contributed by atoms with Crippen molar-refractivity contribution in [1.82, 2.24) is 14.3 Å². The topological polar surface area (TPSA) is 58.6 Å². The number of thioether (sulfide) groups is 1. The van der Waals surface area contributed by atoms with Gasteiger partial charge in [-0.05, 0) is 30.4 Å². The molecule has 2 rings (SSSR count). The van der Waals surface area contributed by atoms with Crippen LogP contribution < -0.4 is 5.56 Å². The Labute approximate surface area is 108 Å². The lowest BCUT2D eigenvalue weighted by molar-refractivity contribution is 0.904. The van der Waals surface area contributed by atoms with E-state index in [4.69, 9.17) is 0 Å². The number of aromatic nitrogens is 3. The number of aromatic amines is 1. The molecule has 0 saturated carbocycles. The average Bonchev–Trinajstić information content (AvgIpc) is 2.72. The van der Waals surface area contributed by atoms with E-state index in [1.54, 1.807) is 0 Å². The third kappa shape index (κ3) is 3.17. The van der Waals surface area contributed by atoms with E-state index in [-0.39, 0.29) is 5.56 Å². The van der Waals surface area contributed by atoms with Gasteiger partial charge in [0.2, 0.25) is 0 Å². The van der Waals surface area contributed by atoms with Crippen molar-refractivity contribution in [3.05, 3.63) is 38.8 Å². The summed E-state index contributed by atoms with van der Waals surface area (Å²) in [5.74, 6) is 0.798. The first-order valence-electron chi connectivity index (χ1n) is 5.32. The third-order valence-electron chi connectivity index (χ3n) is 2.28. The fraction of sp³-hybridized carbons (Fsp3) is 0.364. The highest BCUT2D eigenvalue weighted by atomic mass is 32.2. The van der Waals surface area contributed by atoms with Gasteiger partial charge >= 0.3 is 0 Å². The molecule has 0 fully saturated rings. The standard InChI is InChI=1S/C11H13N3OS2/c1-3-9-8(6-17-14-9)5-16-11-12-7(2)4-10(15)13-11/h4,6H,3,5H2,1-2H3,(H,12,13,15). The van der Waals surface area contributed by atoms with Crippen molar-refractivity contribution < 1.29 is 0 Å². The highest BCUT2D eigenvalue weighted by Crippen LogP contribution is 2.22. The second-order valence-electron chi connectivity index (χ2n) is 3.62. The van der Waals surface area contributed by atoms with Gasteiger partial charge in [0.25, 0.3) is 5.56 Å². The lowest BCUT2D eigenvalue weighted by Gasteiger charge is -2.01. The van der Waals surface area contributed by atoms with Crippen LogP contribution >= 0.6 is 23.3 Å². The van der Waals surface area contributed by atoms with Crippen LogP contribution in [-0.4, -0.2) is 14.3 Å². The molecule has 0 atom stereocenters. The molecule has 4 nitrogen and oxygen atoms in total. The van der Waals surface area contributed by atoms with Gasteiger partial charge in [-0.1, -0.05) is 18.7 Å². The van der Waals surface area contributed by atoms with Crippen LogP contribution in [0.25, 0.3) is 0 Å². The van der Waals surface area contributed by atoms with Crippen molar-refractivity contribution in [3.8, 4) is 0 Å². The van der Waals surface area contributed by atoms with E-state index in [0.717, 1.165) is 23.6 Å². The average molecular weight is 267 g/mol. The van der Waals surface area contributed by atoms with Gasteiger partial charge in [-0.3, -0.25) is 4.79 Å². The number of nitrogens with one attached hydrogen (secondary N) is 1. The van der Waals surface area contributed by atoms with E-state index in [1.165, 1.54) is 34.9 Å². The summed E-state index contributed by atoms with van der Waals surface area (Å²) in [7, 11) is 0. The van der Waals surface area contributed by atoms with Crippen LogP contribution in [0.2, 0.25) is 0 Å². The molecule has 6 heteroatoms. The number of aryl methyl sites for hydroxylation is 2. The van der Waals surface area contributed by atoms with Crippen molar-refractivity contribution in [3.63, 3.8) is 0 Å². The van der Waals surface area contributed by atoms with Crippen molar-refractivity contribution in [2.45, 2.75) is 31.2 Å². The Kier molecular flexibility index (Phi) is 3.96. The first kappa shape index (κ1) is 12.3. The summed E-state index contributed by atoms with van der Waals surface area (Å²) in [5, 5.41) is 2.72. The minimum Gasteiger partial charge on any atom is -0.301 e. The first-order chi connectivity index (χ1) is 8.19. The van der Waals surface area contributed by atoms with Crippen LogP contribution in [-0.2, 0) is 12.2 Å². The SMILES string of the molecule is CCc1nscc1CSc1nc(C)cc(=O)[nH]1. The molecular weight excluding hydrogens is 254 g/mol. The molecule has 2 aromatic heterocycles. The minimum atomic E-state index is -0.0980. The highest BCUT2D eigenvalue weighted by Gasteiger charge is 2.06. The predicted octanol–water partition coefficient (Wildman–Crippen LogP) is 2.39. The fourth-order valence-corrected chi connectivity index (χ4v) is 3.26. The molecular formula is C11H13N3OS2. The predicted molar refractivity (Wildman–Crippen MR) is 70.6 cm³/mol. The van der Waals surface area contributed by atoms with Crippen molar-refractivity contribution in [2.75, 3.05) is 0 Å². The molecule has 0 saturated heterocycles. The minimum absolute atomic E-state index is 0.0980. The maximum absolute atomic E-state index is 11.3. The Bertz CT molecular complexity index is 562. The molecule has 0 aliphatic carbocycles. The second-order valence-corrected chi connectivity index (χ2v) is 5.21. The largest absolute Gasteiger partial charge is 0.301 e. The number of hydrogen-bond acceptors (Lipinski definition) is 5. The molecule has 0 aliphatic heterocycles. The van der Waals surface area contributed by atoms with Crippen LogP contribution in [0.1, 0.15) is 23.9 Å². The van der Waals surface area contributed by atoms with Crippen LogP contribution in [0.5, 0.6) is 0 Å². The van der Waals surface area contributed by atoms with Crippen LogP contribution in [0.4, 0.5) is 0 Å². The van der Waals surface area contributed by atoms with Gasteiger partial charge in [-0.25, -0.2) is 4.98 Å². The molecule has 0 spiro atoms. The zero-order chi connectivity index (χ0) is 12.3. The molecule has 2 aromatic rings. The Morgan fingerprint density at radius 1 is 1.53 bits per heavy atom. The Balaban J connectivity index is 2.09. The van der Waals surface area contributed by atoms with E-state index in [1.807, 2.05) is 6.92 Å². The Hall–Kier alpha value is -1.14. The molecule has 1 N–H and O–H groups in total. The van der Waals surface area contributed by atoms with Gasteiger partial charge < -0.3 is 4.98 Å². The third-order valence-corrected chi connectivity index (χ3v) is 3.91. The molecule has 17 heavy (non-hydrogen) atoms. The summed E-state index contributed by atoms with van der Waals surface area (Å²) >= 11 is 3.01. The van der Waals surface area contributed by atoms with E-state index in [0.29, 0.717) is 5.16 Å². The summed E-state index contributed by atoms with van der Waals surface area (Å²) in [4.78, 5) is 18.3. The van der Waals surface area contributed by atoms with Gasteiger partial charge in [-0.2, -0.15) is 4.37 Å². The number of rotatable bonds is 4. The molecule has 0 aromatic carbocycles. The van der Waals surface area contributed by atoms with Crippen molar-refractivity contribution in [2.24, 2.45) is 0 Å². The monoisotopic (exact) mass is 267 g/mol. The molecule has 0 unspecified atom stereocenters. The van der Waals surface area contributed by atoms with Crippen LogP contribution in [0.15, 0.2) is 21.4 Å². The first-order valence-corrected chi connectivity index (χ1v) is 7.14. The highest BCUT2D eigenvalue weighted by molar-refractivity contribution is 7.98. The fourth-order valence-electron chi connectivity index (χ4n) is 1.46. The smallest absolute Gasteiger partial charge is 0.251 e. The van der Waals surface area contributed by atoms with E-state index in [9.17, 15) is 4.79 Å². The van der Waals surface area contributed by atoms with E-state index < -0.39 is 0 Å². The lowest BCUT2D eigenvalue weighted by Crippen LogP contribution is -2.08. The van der Waals surface area contributed by atoms with Crippen LogP contribution in [0, 0.1) is 6.92 Å². The number of hydrogen-bond donors (Lipinski definition) is 1. The molecule has 0 radical (unpaired) electrons. The van der Waals surface area contributed by atoms with Crippen molar-refractivity contribution in [1.29, 1.82) is 0 Å². The van der Waals surface area contributed by atoms with Gasteiger partial charge in [0.1, 0.15) is 0 Å². The molecule has 0 aliphatic rings. The molecule has 2 heterocycles. The second kappa shape index (κ2) is 5.46. The summed E-state index contributed by atoms with van der Waals surface area (Å²) in [5.41, 5.74) is 3.01. The Morgan fingerprint density at radius 3 is 3.06 bits per heavy atom. The van der Waals surface area contributed by atoms with Crippen LogP contribution in [0.3, 0.4) is 0 Å². The quantitative estimate of drug-likeness (QED) is 0.682. The zero-order valence-corrected chi connectivity index (χ0v) is 11.3. The molecule has 90 valence electrons. The van der Waals surface area contributed by atoms with E-state index in [2.05, 4.69) is 26.6 Å². The number of H-pyrrole nitrogens is 1. The normalized spacial score (nSPS) is 10.7. The van der Waals surface area contributed by atoms with Crippen molar-refractivity contribution >= 4 is 23.3 Å². The number of nitrogens with zero attached hydrogens (tertiary/aromatic N) is 2. The van der Waals surface area contributed by atoms with E-state index >= 15 is 0 Å². The van der Waals surface area contributed by atoms with Gasteiger partial charge in [0.15, 0.2) is 5.16 Å². The molecule has 0 bridgehead atoms.